The minimum atomic E-state index is -3.68. The molecule has 2 rings (SSSR count). The van der Waals surface area contributed by atoms with Gasteiger partial charge in [-0.05, 0) is 48.5 Å². The van der Waals surface area contributed by atoms with Crippen LogP contribution >= 0.6 is 15.9 Å². The highest BCUT2D eigenvalue weighted by molar-refractivity contribution is 9.10. The monoisotopic (exact) mass is 439 g/mol. The number of halogens is 1. The first-order valence-electron chi connectivity index (χ1n) is 7.56. The number of carbonyl (C=O) groups excluding carboxylic acids is 1. The molecule has 2 aromatic carbocycles. The number of carbonyl (C=O) groups is 1. The average molecular weight is 440 g/mol. The van der Waals surface area contributed by atoms with Crippen LogP contribution in [0.4, 0.5) is 0 Å². The highest BCUT2D eigenvalue weighted by Crippen LogP contribution is 2.25. The normalized spacial score (nSPS) is 11.5. The van der Waals surface area contributed by atoms with Crippen LogP contribution in [0.5, 0.6) is 5.75 Å². The van der Waals surface area contributed by atoms with Crippen molar-refractivity contribution in [3.63, 3.8) is 0 Å². The van der Waals surface area contributed by atoms with E-state index in [-0.39, 0.29) is 17.3 Å². The molecule has 138 valence electrons. The maximum atomic E-state index is 12.0. The van der Waals surface area contributed by atoms with E-state index >= 15 is 0 Å². The van der Waals surface area contributed by atoms with Gasteiger partial charge in [0, 0.05) is 10.5 Å². The molecule has 0 aliphatic rings. The number of ether oxygens (including phenoxy) is 2. The summed E-state index contributed by atoms with van der Waals surface area (Å²) < 4.78 is 37.5. The van der Waals surface area contributed by atoms with Crippen molar-refractivity contribution in [2.24, 2.45) is 0 Å². The molecule has 26 heavy (non-hydrogen) atoms. The third-order valence-corrected chi connectivity index (χ3v) is 5.42. The summed E-state index contributed by atoms with van der Waals surface area (Å²) in [6.07, 6.45) is 2.73. The summed E-state index contributed by atoms with van der Waals surface area (Å²) in [5.74, 6) is -0.309. The second-order valence-corrected chi connectivity index (χ2v) is 7.96. The SMILES string of the molecule is CNS(=O)(=O)c1cc(/C=C/C(=O)OCc2ccc(Br)cc2)ccc1OC. The molecule has 0 amide bonds. The van der Waals surface area contributed by atoms with Gasteiger partial charge in [-0.1, -0.05) is 34.1 Å². The van der Waals surface area contributed by atoms with E-state index in [0.29, 0.717) is 5.56 Å². The molecule has 0 aromatic heterocycles. The third-order valence-electron chi connectivity index (χ3n) is 3.45. The van der Waals surface area contributed by atoms with Crippen LogP contribution in [0.3, 0.4) is 0 Å². The van der Waals surface area contributed by atoms with Crippen LogP contribution in [-0.4, -0.2) is 28.5 Å². The average Bonchev–Trinajstić information content (AvgIpc) is 2.65. The molecule has 0 aliphatic carbocycles. The van der Waals surface area contributed by atoms with Crippen molar-refractivity contribution in [3.05, 3.63) is 64.1 Å². The minimum Gasteiger partial charge on any atom is -0.495 e. The van der Waals surface area contributed by atoms with Crippen LogP contribution in [0.25, 0.3) is 6.08 Å². The summed E-state index contributed by atoms with van der Waals surface area (Å²) in [5, 5.41) is 0. The van der Waals surface area contributed by atoms with Gasteiger partial charge in [0.05, 0.1) is 7.11 Å². The Kier molecular flexibility index (Phi) is 6.96. The van der Waals surface area contributed by atoms with E-state index in [1.807, 2.05) is 24.3 Å². The Labute approximate surface area is 161 Å². The third kappa shape index (κ3) is 5.42. The Balaban J connectivity index is 2.08. The predicted octanol–water partition coefficient (Wildman–Crippen LogP) is 3.12. The molecule has 0 bridgehead atoms. The van der Waals surface area contributed by atoms with Crippen molar-refractivity contribution in [1.29, 1.82) is 0 Å². The molecule has 8 heteroatoms. The van der Waals surface area contributed by atoms with Gasteiger partial charge in [0.1, 0.15) is 17.3 Å². The zero-order chi connectivity index (χ0) is 19.2. The maximum absolute atomic E-state index is 12.0. The van der Waals surface area contributed by atoms with Crippen molar-refractivity contribution in [2.45, 2.75) is 11.5 Å². The van der Waals surface area contributed by atoms with Crippen LogP contribution in [0.2, 0.25) is 0 Å². The molecule has 0 heterocycles. The van der Waals surface area contributed by atoms with Gasteiger partial charge in [-0.25, -0.2) is 17.9 Å². The summed E-state index contributed by atoms with van der Waals surface area (Å²) in [6, 6.07) is 12.0. The van der Waals surface area contributed by atoms with Gasteiger partial charge in [-0.15, -0.1) is 0 Å². The van der Waals surface area contributed by atoms with E-state index in [1.54, 1.807) is 6.07 Å². The lowest BCUT2D eigenvalue weighted by Gasteiger charge is -2.09. The van der Waals surface area contributed by atoms with Crippen molar-refractivity contribution in [1.82, 2.24) is 4.72 Å². The van der Waals surface area contributed by atoms with E-state index in [9.17, 15) is 13.2 Å². The molecule has 0 fully saturated rings. The lowest BCUT2D eigenvalue weighted by Crippen LogP contribution is -2.19. The highest BCUT2D eigenvalue weighted by atomic mass is 79.9. The molecule has 6 nitrogen and oxygen atoms in total. The summed E-state index contributed by atoms with van der Waals surface area (Å²) in [5.41, 5.74) is 1.39. The second kappa shape index (κ2) is 8.98. The molecule has 0 spiro atoms. The van der Waals surface area contributed by atoms with Crippen molar-refractivity contribution in [2.75, 3.05) is 14.2 Å². The Morgan fingerprint density at radius 3 is 2.50 bits per heavy atom. The second-order valence-electron chi connectivity index (χ2n) is 5.19. The van der Waals surface area contributed by atoms with E-state index in [2.05, 4.69) is 20.7 Å². The quantitative estimate of drug-likeness (QED) is 0.529. The molecule has 2 aromatic rings. The molecule has 0 atom stereocenters. The van der Waals surface area contributed by atoms with E-state index in [1.165, 1.54) is 38.4 Å². The Hall–Kier alpha value is -2.16. The van der Waals surface area contributed by atoms with Gasteiger partial charge in [-0.2, -0.15) is 0 Å². The van der Waals surface area contributed by atoms with Gasteiger partial charge in [0.2, 0.25) is 10.0 Å². The van der Waals surface area contributed by atoms with Crippen LogP contribution in [0.1, 0.15) is 11.1 Å². The van der Waals surface area contributed by atoms with Crippen molar-refractivity contribution < 1.29 is 22.7 Å². The van der Waals surface area contributed by atoms with Crippen molar-refractivity contribution in [3.8, 4) is 5.75 Å². The first-order chi connectivity index (χ1) is 12.4. The molecule has 0 saturated heterocycles. The fraction of sp³-hybridized carbons (Fsp3) is 0.167. The number of rotatable bonds is 7. The predicted molar refractivity (Wildman–Crippen MR) is 102 cm³/mol. The first-order valence-corrected chi connectivity index (χ1v) is 9.84. The van der Waals surface area contributed by atoms with Crippen molar-refractivity contribution >= 4 is 38.0 Å². The number of benzene rings is 2. The largest absolute Gasteiger partial charge is 0.495 e. The number of nitrogens with one attached hydrogen (secondary N) is 1. The van der Waals surface area contributed by atoms with E-state index < -0.39 is 16.0 Å². The fourth-order valence-corrected chi connectivity index (χ4v) is 3.26. The number of esters is 1. The van der Waals surface area contributed by atoms with Gasteiger partial charge in [-0.3, -0.25) is 0 Å². The summed E-state index contributed by atoms with van der Waals surface area (Å²) in [4.78, 5) is 11.8. The van der Waals surface area contributed by atoms with E-state index in [0.717, 1.165) is 10.0 Å². The molecule has 0 saturated carbocycles. The number of methoxy groups -OCH3 is 1. The Morgan fingerprint density at radius 1 is 1.19 bits per heavy atom. The van der Waals surface area contributed by atoms with Crippen LogP contribution < -0.4 is 9.46 Å². The Morgan fingerprint density at radius 2 is 1.88 bits per heavy atom. The van der Waals surface area contributed by atoms with Gasteiger partial charge >= 0.3 is 5.97 Å². The summed E-state index contributed by atoms with van der Waals surface area (Å²) >= 11 is 3.34. The smallest absolute Gasteiger partial charge is 0.331 e. The maximum Gasteiger partial charge on any atom is 0.331 e. The fourth-order valence-electron chi connectivity index (χ4n) is 2.06. The molecular formula is C18H18BrNO5S. The lowest BCUT2D eigenvalue weighted by molar-refractivity contribution is -0.138. The molecule has 0 unspecified atom stereocenters. The zero-order valence-corrected chi connectivity index (χ0v) is 16.6. The highest BCUT2D eigenvalue weighted by Gasteiger charge is 2.17. The molecule has 0 radical (unpaired) electrons. The van der Waals surface area contributed by atoms with Gasteiger partial charge < -0.3 is 9.47 Å². The lowest BCUT2D eigenvalue weighted by atomic mass is 10.2. The first kappa shape index (κ1) is 20.2. The van der Waals surface area contributed by atoms with Crippen LogP contribution in [0, 0.1) is 0 Å². The minimum absolute atomic E-state index is 0.00659. The Bertz CT molecular complexity index is 908. The van der Waals surface area contributed by atoms with Gasteiger partial charge in [0.15, 0.2) is 0 Å². The van der Waals surface area contributed by atoms with Crippen LogP contribution in [0.15, 0.2) is 57.9 Å². The number of sulfonamides is 1. The topological polar surface area (TPSA) is 81.7 Å². The number of hydrogen-bond acceptors (Lipinski definition) is 5. The molecule has 0 aliphatic heterocycles. The number of hydrogen-bond donors (Lipinski definition) is 1. The zero-order valence-electron chi connectivity index (χ0n) is 14.2. The molecule has 1 N–H and O–H groups in total. The van der Waals surface area contributed by atoms with Crippen LogP contribution in [-0.2, 0) is 26.2 Å². The molecular weight excluding hydrogens is 422 g/mol. The van der Waals surface area contributed by atoms with Gasteiger partial charge in [0.25, 0.3) is 0 Å². The summed E-state index contributed by atoms with van der Waals surface area (Å²) in [6.45, 7) is 0.151. The van der Waals surface area contributed by atoms with E-state index in [4.69, 9.17) is 9.47 Å². The standard InChI is InChI=1S/C18H18BrNO5S/c1-20-26(22,23)17-11-13(5-9-16(17)24-2)6-10-18(21)25-12-14-3-7-15(19)8-4-14/h3-11,20H,12H2,1-2H3/b10-6+. The summed E-state index contributed by atoms with van der Waals surface area (Å²) in [7, 11) is -0.977.